The van der Waals surface area contributed by atoms with Crippen LogP contribution >= 0.6 is 23.5 Å². The van der Waals surface area contributed by atoms with Gasteiger partial charge in [0.2, 0.25) is 22.1 Å². The van der Waals surface area contributed by atoms with Gasteiger partial charge >= 0.3 is 11.9 Å². The molecule has 6 aromatic rings. The number of esters is 2. The van der Waals surface area contributed by atoms with Crippen molar-refractivity contribution in [3.05, 3.63) is 120 Å². The lowest BCUT2D eigenvalue weighted by Gasteiger charge is -2.10. The van der Waals surface area contributed by atoms with E-state index in [4.69, 9.17) is 4.74 Å². The van der Waals surface area contributed by atoms with Gasteiger partial charge in [-0.25, -0.2) is 18.9 Å². The number of thioether (sulfide) groups is 2. The molecule has 4 heterocycles. The average Bonchev–Trinajstić information content (AvgIpc) is 4.04. The molecule has 0 aliphatic rings. The lowest BCUT2D eigenvalue weighted by Crippen LogP contribution is -2.16. The summed E-state index contributed by atoms with van der Waals surface area (Å²) in [4.78, 5) is 47.6. The number of ether oxygens (including phenoxy) is 2. The molecule has 2 amide bonds. The molecular weight excluding hydrogens is 745 g/mol. The summed E-state index contributed by atoms with van der Waals surface area (Å²) < 4.78 is 17.1. The molecule has 16 nitrogen and oxygen atoms in total. The summed E-state index contributed by atoms with van der Waals surface area (Å²) in [6.07, 6.45) is 9.05. The van der Waals surface area contributed by atoms with Crippen LogP contribution < -0.4 is 10.6 Å². The number of hydrogen-bond acceptors (Lipinski definition) is 12. The predicted molar refractivity (Wildman–Crippen MR) is 208 cm³/mol. The molecule has 2 aromatic carbocycles. The zero-order valence-corrected chi connectivity index (χ0v) is 32.2. The minimum Gasteiger partial charge on any atom is -0.465 e. The van der Waals surface area contributed by atoms with E-state index in [0.717, 1.165) is 24.5 Å². The second kappa shape index (κ2) is 19.8. The van der Waals surface area contributed by atoms with Crippen molar-refractivity contribution in [3.63, 3.8) is 0 Å². The lowest BCUT2D eigenvalue weighted by atomic mass is 10.2. The molecule has 0 unspecified atom stereocenters. The number of methoxy groups -OCH3 is 1. The monoisotopic (exact) mass is 784 g/mol. The van der Waals surface area contributed by atoms with Gasteiger partial charge in [0.1, 0.15) is 0 Å². The molecule has 0 saturated carbocycles. The Hall–Kier alpha value is -6.14. The molecule has 0 saturated heterocycles. The Morgan fingerprint density at radius 1 is 0.600 bits per heavy atom. The number of carbonyl (C=O) groups excluding carboxylic acids is 4. The van der Waals surface area contributed by atoms with Crippen LogP contribution in [0.3, 0.4) is 0 Å². The molecule has 0 aliphatic heterocycles. The smallest absolute Gasteiger partial charge is 0.338 e. The molecule has 0 spiro atoms. The van der Waals surface area contributed by atoms with Gasteiger partial charge in [-0.05, 0) is 79.7 Å². The summed E-state index contributed by atoms with van der Waals surface area (Å²) in [6.45, 7) is 6.08. The topological polar surface area (TPSA) is 182 Å². The van der Waals surface area contributed by atoms with Crippen LogP contribution in [0.2, 0.25) is 0 Å². The highest BCUT2D eigenvalue weighted by Crippen LogP contribution is 2.20. The van der Waals surface area contributed by atoms with Crippen LogP contribution in [0.5, 0.6) is 0 Å². The Balaban J connectivity index is 0.000000211. The van der Waals surface area contributed by atoms with Crippen molar-refractivity contribution in [3.8, 4) is 0 Å². The van der Waals surface area contributed by atoms with Gasteiger partial charge in [-0.15, -0.1) is 20.4 Å². The third-order valence-electron chi connectivity index (χ3n) is 7.56. The number of nitrogens with zero attached hydrogens (tertiary/aromatic N) is 8. The third-order valence-corrected chi connectivity index (χ3v) is 9.40. The van der Waals surface area contributed by atoms with Crippen molar-refractivity contribution in [2.75, 3.05) is 35.9 Å². The number of benzene rings is 2. The maximum absolute atomic E-state index is 12.3. The molecule has 0 bridgehead atoms. The van der Waals surface area contributed by atoms with E-state index in [0.29, 0.717) is 39.4 Å². The van der Waals surface area contributed by atoms with Crippen LogP contribution in [0.1, 0.15) is 53.1 Å². The highest BCUT2D eigenvalue weighted by atomic mass is 32.2. The largest absolute Gasteiger partial charge is 0.465 e. The van der Waals surface area contributed by atoms with Crippen molar-refractivity contribution in [1.29, 1.82) is 0 Å². The first-order valence-corrected chi connectivity index (χ1v) is 19.2. The van der Waals surface area contributed by atoms with Crippen LogP contribution in [0, 0.1) is 0 Å². The number of rotatable bonds is 15. The van der Waals surface area contributed by atoms with Crippen LogP contribution in [0.25, 0.3) is 0 Å². The third kappa shape index (κ3) is 10.7. The van der Waals surface area contributed by atoms with Crippen LogP contribution in [0.15, 0.2) is 108 Å². The molecule has 0 radical (unpaired) electrons. The SMILES string of the molecule is CCOC(=O)c1ccc(NC(=O)CSc2nnc(CC)n2-n2cccc2)cc1.CCc1nnc(SCC(=O)Nc2ccc(C(=O)OC)cc2)n1-n1cccc1. The number of amides is 2. The predicted octanol–water partition coefficient (Wildman–Crippen LogP) is 5.33. The van der Waals surface area contributed by atoms with Crippen molar-refractivity contribution < 1.29 is 28.7 Å². The van der Waals surface area contributed by atoms with Gasteiger partial charge in [0.25, 0.3) is 0 Å². The standard InChI is InChI=1S/C19H21N5O3S.C18H19N5O3S/c1-3-16-21-22-19(24(16)23-11-5-6-12-23)28-13-17(25)20-15-9-7-14(8-10-15)18(26)27-4-2;1-3-15-20-21-18(23(15)22-10-4-5-11-22)27-12-16(24)19-14-8-6-13(7-9-14)17(25)26-2/h5-12H,3-4,13H2,1-2H3,(H,20,25);4-11H,3,12H2,1-2H3,(H,19,24). The molecule has 286 valence electrons. The Morgan fingerprint density at radius 3 is 1.36 bits per heavy atom. The number of aryl methyl sites for hydroxylation is 2. The van der Waals surface area contributed by atoms with Crippen molar-refractivity contribution in [2.24, 2.45) is 0 Å². The fourth-order valence-electron chi connectivity index (χ4n) is 4.96. The molecule has 0 aliphatic carbocycles. The normalized spacial score (nSPS) is 10.6. The molecule has 4 aromatic heterocycles. The first kappa shape index (κ1) is 40.1. The number of hydrogen-bond donors (Lipinski definition) is 2. The Labute approximate surface area is 325 Å². The summed E-state index contributed by atoms with van der Waals surface area (Å²) in [5, 5.41) is 23.6. The van der Waals surface area contributed by atoms with Crippen molar-refractivity contribution >= 4 is 58.7 Å². The second-order valence-electron chi connectivity index (χ2n) is 11.3. The zero-order chi connectivity index (χ0) is 39.2. The number of nitrogens with one attached hydrogen (secondary N) is 2. The lowest BCUT2D eigenvalue weighted by molar-refractivity contribution is -0.114. The first-order chi connectivity index (χ1) is 26.7. The first-order valence-electron chi connectivity index (χ1n) is 17.2. The van der Waals surface area contributed by atoms with Gasteiger partial charge in [0.05, 0.1) is 36.3 Å². The van der Waals surface area contributed by atoms with Crippen LogP contribution in [-0.2, 0) is 31.9 Å². The fraction of sp³-hybridized carbons (Fsp3) is 0.243. The molecular formula is C37H40N10O6S2. The molecule has 0 atom stereocenters. The maximum atomic E-state index is 12.3. The Morgan fingerprint density at radius 2 is 1.00 bits per heavy atom. The zero-order valence-electron chi connectivity index (χ0n) is 30.6. The maximum Gasteiger partial charge on any atom is 0.338 e. The van der Waals surface area contributed by atoms with Crippen LogP contribution in [0.4, 0.5) is 11.4 Å². The summed E-state index contributed by atoms with van der Waals surface area (Å²) in [5.74, 6) is 0.845. The molecule has 6 rings (SSSR count). The van der Waals surface area contributed by atoms with E-state index in [-0.39, 0.29) is 29.3 Å². The van der Waals surface area contributed by atoms with E-state index in [1.807, 2.05) is 81.6 Å². The second-order valence-corrected chi connectivity index (χ2v) is 13.2. The minimum atomic E-state index is -0.417. The van der Waals surface area contributed by atoms with E-state index >= 15 is 0 Å². The van der Waals surface area contributed by atoms with Crippen molar-refractivity contribution in [1.82, 2.24) is 39.1 Å². The minimum absolute atomic E-state index is 0.172. The van der Waals surface area contributed by atoms with Gasteiger partial charge in [0, 0.05) is 49.0 Å². The highest BCUT2D eigenvalue weighted by Gasteiger charge is 2.16. The molecule has 2 N–H and O–H groups in total. The quantitative estimate of drug-likeness (QED) is 0.101. The Kier molecular flexibility index (Phi) is 14.4. The van der Waals surface area contributed by atoms with E-state index in [1.165, 1.54) is 30.6 Å². The van der Waals surface area contributed by atoms with Gasteiger partial charge in [-0.2, -0.15) is 0 Å². The Bertz CT molecular complexity index is 2160. The molecule has 55 heavy (non-hydrogen) atoms. The van der Waals surface area contributed by atoms with E-state index in [2.05, 4.69) is 35.8 Å². The van der Waals surface area contributed by atoms with Crippen molar-refractivity contribution in [2.45, 2.75) is 43.9 Å². The average molecular weight is 785 g/mol. The highest BCUT2D eigenvalue weighted by molar-refractivity contribution is 8.00. The summed E-state index contributed by atoms with van der Waals surface area (Å²) in [7, 11) is 1.33. The van der Waals surface area contributed by atoms with Crippen LogP contribution in [-0.4, -0.2) is 88.1 Å². The molecule has 0 fully saturated rings. The van der Waals surface area contributed by atoms with Gasteiger partial charge in [-0.1, -0.05) is 37.4 Å². The van der Waals surface area contributed by atoms with E-state index < -0.39 is 5.97 Å². The van der Waals surface area contributed by atoms with Gasteiger partial charge in [-0.3, -0.25) is 18.9 Å². The molecule has 18 heteroatoms. The summed E-state index contributed by atoms with van der Waals surface area (Å²) >= 11 is 2.61. The van der Waals surface area contributed by atoms with E-state index in [9.17, 15) is 19.2 Å². The number of carbonyl (C=O) groups is 4. The summed E-state index contributed by atoms with van der Waals surface area (Å²) in [6, 6.07) is 20.8. The van der Waals surface area contributed by atoms with Gasteiger partial charge < -0.3 is 20.1 Å². The number of anilines is 2. The number of aromatic nitrogens is 8. The fourth-order valence-corrected chi connectivity index (χ4v) is 6.47. The summed E-state index contributed by atoms with van der Waals surface area (Å²) in [5.41, 5.74) is 2.09. The van der Waals surface area contributed by atoms with Gasteiger partial charge in [0.15, 0.2) is 11.6 Å². The van der Waals surface area contributed by atoms with E-state index in [1.54, 1.807) is 55.5 Å².